The molecule has 1 aromatic rings. The van der Waals surface area contributed by atoms with E-state index >= 15 is 0 Å². The first-order valence-corrected chi connectivity index (χ1v) is 14.5. The number of amides is 2. The van der Waals surface area contributed by atoms with Crippen LogP contribution < -0.4 is 0 Å². The van der Waals surface area contributed by atoms with Crippen molar-refractivity contribution in [1.29, 1.82) is 0 Å². The second-order valence-corrected chi connectivity index (χ2v) is 15.1. The highest BCUT2D eigenvalue weighted by Crippen LogP contribution is 2.45. The molecule has 2 saturated heterocycles. The third-order valence-corrected chi connectivity index (χ3v) is 8.84. The van der Waals surface area contributed by atoms with Gasteiger partial charge < -0.3 is 18.9 Å². The highest BCUT2D eigenvalue weighted by atomic mass is 79.9. The Morgan fingerprint density at radius 1 is 1.10 bits per heavy atom. The summed E-state index contributed by atoms with van der Waals surface area (Å²) in [7, 11) is 1.19. The Hall–Kier alpha value is -2.10. The Morgan fingerprint density at radius 3 is 2.26 bits per heavy atom. The number of carbonyl (C=O) groups excluding carboxylic acids is 2. The van der Waals surface area contributed by atoms with Gasteiger partial charge in [0.25, 0.3) is 0 Å². The van der Waals surface area contributed by atoms with Gasteiger partial charge in [-0.2, -0.15) is 0 Å². The summed E-state index contributed by atoms with van der Waals surface area (Å²) in [6.45, 7) is 16.5. The molecule has 0 aromatic heterocycles. The number of benzene rings is 1. The predicted molar refractivity (Wildman–Crippen MR) is 157 cm³/mol. The molecule has 2 unspecified atom stereocenters. The summed E-state index contributed by atoms with van der Waals surface area (Å²) in [5.74, 6) is -0.104. The van der Waals surface area contributed by atoms with Crippen LogP contribution in [0.25, 0.3) is 0 Å². The van der Waals surface area contributed by atoms with Crippen molar-refractivity contribution in [3.63, 3.8) is 0 Å². The summed E-state index contributed by atoms with van der Waals surface area (Å²) in [5, 5.41) is 0. The summed E-state index contributed by atoms with van der Waals surface area (Å²) < 4.78 is 18.4. The van der Waals surface area contributed by atoms with Crippen molar-refractivity contribution in [3.8, 4) is 0 Å². The van der Waals surface area contributed by atoms with Gasteiger partial charge in [-0.15, -0.1) is 0 Å². The lowest BCUT2D eigenvalue weighted by atomic mass is 9.68. The standard InChI is InChI=1S/C30H42BBrN2O5/c1-27(2,3)25-33(9)24(35)23(34(25)26(36)37-19-20-13-11-10-12-14-20)17-21-15-16-30(8,32)18-22(21)31-38-28(4,5)29(6,7)39-31/h10-15,18,23,25H,16-17,19H2,1-9H3/t23-,25?,30?/m0/s1. The van der Waals surface area contributed by atoms with E-state index in [1.54, 1.807) is 16.8 Å². The van der Waals surface area contributed by atoms with E-state index in [1.165, 1.54) is 0 Å². The molecule has 39 heavy (non-hydrogen) atoms. The van der Waals surface area contributed by atoms with E-state index in [2.05, 4.69) is 35.0 Å². The van der Waals surface area contributed by atoms with Crippen LogP contribution in [0.5, 0.6) is 0 Å². The molecular formula is C30H42BBrN2O5. The maximum atomic E-state index is 13.7. The maximum Gasteiger partial charge on any atom is 0.494 e. The summed E-state index contributed by atoms with van der Waals surface area (Å²) in [5.41, 5.74) is 1.35. The van der Waals surface area contributed by atoms with Crippen molar-refractivity contribution in [2.75, 3.05) is 7.05 Å². The van der Waals surface area contributed by atoms with Crippen LogP contribution in [-0.2, 0) is 25.4 Å². The topological polar surface area (TPSA) is 68.3 Å². The van der Waals surface area contributed by atoms with Crippen LogP contribution in [-0.4, -0.2) is 63.7 Å². The number of rotatable bonds is 5. The van der Waals surface area contributed by atoms with Crippen LogP contribution in [0.15, 0.2) is 53.5 Å². The summed E-state index contributed by atoms with van der Waals surface area (Å²) in [6, 6.07) is 8.87. The average Bonchev–Trinajstić information content (AvgIpc) is 3.21. The lowest BCUT2D eigenvalue weighted by Gasteiger charge is -2.38. The highest BCUT2D eigenvalue weighted by Gasteiger charge is 2.55. The molecule has 1 aromatic carbocycles. The molecular weight excluding hydrogens is 559 g/mol. The van der Waals surface area contributed by atoms with Crippen LogP contribution in [0.3, 0.4) is 0 Å². The number of hydrogen-bond donors (Lipinski definition) is 0. The van der Waals surface area contributed by atoms with Crippen molar-refractivity contribution in [2.24, 2.45) is 5.41 Å². The monoisotopic (exact) mass is 600 g/mol. The predicted octanol–water partition coefficient (Wildman–Crippen LogP) is 6.27. The molecule has 2 aliphatic heterocycles. The number of likely N-dealkylation sites (N-methyl/N-ethyl adjacent to an activating group) is 1. The first kappa shape index (κ1) is 29.9. The number of alkyl halides is 1. The number of hydrogen-bond acceptors (Lipinski definition) is 5. The van der Waals surface area contributed by atoms with E-state index in [0.29, 0.717) is 6.42 Å². The summed E-state index contributed by atoms with van der Waals surface area (Å²) in [4.78, 5) is 30.7. The van der Waals surface area contributed by atoms with Gasteiger partial charge in [-0.3, -0.25) is 9.69 Å². The fourth-order valence-corrected chi connectivity index (χ4v) is 5.96. The molecule has 3 aliphatic rings. The zero-order chi connectivity index (χ0) is 29.0. The van der Waals surface area contributed by atoms with Gasteiger partial charge in [-0.05, 0) is 57.6 Å². The largest absolute Gasteiger partial charge is 0.494 e. The number of carbonyl (C=O) groups is 2. The number of allylic oxidation sites excluding steroid dienone is 3. The summed E-state index contributed by atoms with van der Waals surface area (Å²) in [6.07, 6.45) is 4.41. The zero-order valence-corrected chi connectivity index (χ0v) is 26.3. The van der Waals surface area contributed by atoms with E-state index in [0.717, 1.165) is 23.0 Å². The average molecular weight is 601 g/mol. The fourth-order valence-electron chi connectivity index (χ4n) is 5.55. The zero-order valence-electron chi connectivity index (χ0n) is 24.7. The lowest BCUT2D eigenvalue weighted by molar-refractivity contribution is -0.129. The molecule has 0 bridgehead atoms. The van der Waals surface area contributed by atoms with E-state index in [1.807, 2.05) is 78.8 Å². The minimum absolute atomic E-state index is 0.104. The third-order valence-electron chi connectivity index (χ3n) is 8.28. The van der Waals surface area contributed by atoms with Crippen LogP contribution in [0, 0.1) is 5.41 Å². The van der Waals surface area contributed by atoms with E-state index in [9.17, 15) is 9.59 Å². The van der Waals surface area contributed by atoms with Crippen molar-refractivity contribution in [3.05, 3.63) is 59.1 Å². The van der Waals surface area contributed by atoms with Gasteiger partial charge in [0.15, 0.2) is 0 Å². The third kappa shape index (κ3) is 6.01. The van der Waals surface area contributed by atoms with E-state index in [-0.39, 0.29) is 22.3 Å². The molecule has 0 saturated carbocycles. The molecule has 2 heterocycles. The van der Waals surface area contributed by atoms with Crippen LogP contribution in [0.2, 0.25) is 0 Å². The SMILES string of the molecule is CN1C(=O)[C@H](CC2=CCC(C)(Br)C=C2B2OC(C)(C)C(C)(C)O2)N(C(=O)OCc2ccccc2)C1C(C)(C)C. The first-order chi connectivity index (χ1) is 17.9. The Kier molecular flexibility index (Phi) is 7.96. The molecule has 3 atom stereocenters. The fraction of sp³-hybridized carbons (Fsp3) is 0.600. The molecule has 9 heteroatoms. The Balaban J connectivity index is 1.65. The molecule has 212 valence electrons. The van der Waals surface area contributed by atoms with Gasteiger partial charge in [0, 0.05) is 23.2 Å². The highest BCUT2D eigenvalue weighted by molar-refractivity contribution is 9.10. The first-order valence-electron chi connectivity index (χ1n) is 13.7. The van der Waals surface area contributed by atoms with Crippen LogP contribution >= 0.6 is 15.9 Å². The van der Waals surface area contributed by atoms with E-state index < -0.39 is 36.6 Å². The molecule has 4 rings (SSSR count). The second-order valence-electron chi connectivity index (χ2n) is 13.3. The van der Waals surface area contributed by atoms with Crippen molar-refractivity contribution >= 4 is 35.0 Å². The molecule has 7 nitrogen and oxygen atoms in total. The molecule has 0 spiro atoms. The van der Waals surface area contributed by atoms with Crippen molar-refractivity contribution < 1.29 is 23.6 Å². The van der Waals surface area contributed by atoms with Gasteiger partial charge in [0.1, 0.15) is 18.8 Å². The Labute approximate surface area is 242 Å². The Morgan fingerprint density at radius 2 is 1.69 bits per heavy atom. The van der Waals surface area contributed by atoms with Gasteiger partial charge in [-0.1, -0.05) is 79.2 Å². The van der Waals surface area contributed by atoms with E-state index in [4.69, 9.17) is 14.0 Å². The number of nitrogens with zero attached hydrogens (tertiary/aromatic N) is 2. The lowest BCUT2D eigenvalue weighted by Crippen LogP contribution is -2.51. The molecule has 2 fully saturated rings. The maximum absolute atomic E-state index is 13.7. The molecule has 0 N–H and O–H groups in total. The minimum Gasteiger partial charge on any atom is -0.444 e. The van der Waals surface area contributed by atoms with Gasteiger partial charge >= 0.3 is 13.2 Å². The smallest absolute Gasteiger partial charge is 0.444 e. The number of ether oxygens (including phenoxy) is 1. The summed E-state index contributed by atoms with van der Waals surface area (Å²) >= 11 is 3.82. The molecule has 1 aliphatic carbocycles. The quantitative estimate of drug-likeness (QED) is 0.294. The minimum atomic E-state index is -0.709. The molecule has 2 amide bonds. The second kappa shape index (κ2) is 10.4. The normalized spacial score (nSPS) is 28.5. The van der Waals surface area contributed by atoms with Gasteiger partial charge in [-0.25, -0.2) is 4.79 Å². The number of halogens is 1. The molecule has 0 radical (unpaired) electrons. The van der Waals surface area contributed by atoms with Crippen molar-refractivity contribution in [2.45, 2.75) is 103 Å². The van der Waals surface area contributed by atoms with Gasteiger partial charge in [0.05, 0.1) is 11.2 Å². The van der Waals surface area contributed by atoms with Crippen LogP contribution in [0.1, 0.15) is 73.8 Å². The van der Waals surface area contributed by atoms with Crippen LogP contribution in [0.4, 0.5) is 4.79 Å². The Bertz CT molecular complexity index is 1160. The van der Waals surface area contributed by atoms with Crippen molar-refractivity contribution in [1.82, 2.24) is 9.80 Å². The van der Waals surface area contributed by atoms with Gasteiger partial charge in [0.2, 0.25) is 5.91 Å².